The highest BCUT2D eigenvalue weighted by molar-refractivity contribution is 5.79. The maximum atomic E-state index is 10.2. The van der Waals surface area contributed by atoms with Gasteiger partial charge in [-0.15, -0.1) is 0 Å². The Balaban J connectivity index is 2.31. The Morgan fingerprint density at radius 2 is 1.87 bits per heavy atom. The van der Waals surface area contributed by atoms with Gasteiger partial charge in [0, 0.05) is 18.8 Å². The minimum absolute atomic E-state index is 0.441. The third-order valence-corrected chi connectivity index (χ3v) is 2.81. The van der Waals surface area contributed by atoms with Gasteiger partial charge in [-0.25, -0.2) is 4.79 Å². The molecule has 0 bridgehead atoms. The van der Waals surface area contributed by atoms with Crippen molar-refractivity contribution in [3.8, 4) is 0 Å². The van der Waals surface area contributed by atoms with Crippen LogP contribution in [0.4, 0.5) is 0 Å². The summed E-state index contributed by atoms with van der Waals surface area (Å²) in [6.45, 7) is 0.441. The van der Waals surface area contributed by atoms with E-state index in [0.717, 1.165) is 31.8 Å². The molecule has 0 heterocycles. The summed E-state index contributed by atoms with van der Waals surface area (Å²) in [4.78, 5) is 10.2. The van der Waals surface area contributed by atoms with Crippen LogP contribution in [0.15, 0.2) is 12.3 Å². The lowest BCUT2D eigenvalue weighted by Gasteiger charge is -2.26. The Morgan fingerprint density at radius 3 is 2.40 bits per heavy atom. The number of carbonyl (C=O) groups is 1. The zero-order valence-corrected chi connectivity index (χ0v) is 8.91. The highest BCUT2D eigenvalue weighted by Gasteiger charge is 2.26. The first-order valence-electron chi connectivity index (χ1n) is 5.48. The van der Waals surface area contributed by atoms with Crippen molar-refractivity contribution in [2.75, 3.05) is 6.54 Å². The maximum Gasteiger partial charge on any atom is 0.329 e. The second kappa shape index (κ2) is 5.75. The van der Waals surface area contributed by atoms with E-state index >= 15 is 0 Å². The number of rotatable bonds is 4. The van der Waals surface area contributed by atoms with Crippen molar-refractivity contribution in [3.05, 3.63) is 12.3 Å². The third-order valence-electron chi connectivity index (χ3n) is 2.81. The molecule has 1 rings (SSSR count). The monoisotopic (exact) mass is 213 g/mol. The van der Waals surface area contributed by atoms with Gasteiger partial charge in [-0.1, -0.05) is 25.7 Å². The maximum absolute atomic E-state index is 10.2. The average molecular weight is 213 g/mol. The quantitative estimate of drug-likeness (QED) is 0.485. The van der Waals surface area contributed by atoms with Crippen LogP contribution in [0.2, 0.25) is 0 Å². The van der Waals surface area contributed by atoms with Crippen LogP contribution in [0.5, 0.6) is 0 Å². The molecule has 0 unspecified atom stereocenters. The molecule has 0 atom stereocenters. The molecule has 0 radical (unpaired) electrons. The van der Waals surface area contributed by atoms with Gasteiger partial charge in [-0.05, 0) is 12.8 Å². The first-order valence-corrected chi connectivity index (χ1v) is 5.48. The number of aliphatic carboxylic acids is 1. The fourth-order valence-corrected chi connectivity index (χ4v) is 1.94. The fraction of sp³-hybridized carbons (Fsp3) is 0.727. The van der Waals surface area contributed by atoms with Crippen LogP contribution in [0.3, 0.4) is 0 Å². The van der Waals surface area contributed by atoms with Gasteiger partial charge < -0.3 is 15.5 Å². The Hall–Kier alpha value is -1.03. The first-order chi connectivity index (χ1) is 7.12. The number of carboxylic acid groups (broad SMARTS) is 1. The van der Waals surface area contributed by atoms with E-state index in [1.54, 1.807) is 0 Å². The summed E-state index contributed by atoms with van der Waals surface area (Å²) in [6.07, 6.45) is 8.52. The van der Waals surface area contributed by atoms with E-state index in [1.807, 2.05) is 0 Å². The summed E-state index contributed by atoms with van der Waals surface area (Å²) < 4.78 is 0. The van der Waals surface area contributed by atoms with E-state index in [1.165, 1.54) is 19.0 Å². The molecule has 4 heteroatoms. The molecule has 1 saturated carbocycles. The molecule has 0 amide bonds. The largest absolute Gasteiger partial charge is 0.478 e. The van der Waals surface area contributed by atoms with E-state index in [0.29, 0.717) is 6.54 Å². The van der Waals surface area contributed by atoms with Gasteiger partial charge in [-0.3, -0.25) is 0 Å². The number of nitrogens with one attached hydrogen (secondary N) is 1. The highest BCUT2D eigenvalue weighted by atomic mass is 16.4. The molecule has 15 heavy (non-hydrogen) atoms. The summed E-state index contributed by atoms with van der Waals surface area (Å²) in [5, 5.41) is 21.4. The molecule has 86 valence electrons. The molecule has 0 saturated heterocycles. The highest BCUT2D eigenvalue weighted by Crippen LogP contribution is 2.26. The third kappa shape index (κ3) is 4.83. The van der Waals surface area contributed by atoms with Gasteiger partial charge in [0.05, 0.1) is 5.60 Å². The van der Waals surface area contributed by atoms with E-state index in [9.17, 15) is 9.90 Å². The van der Waals surface area contributed by atoms with Crippen molar-refractivity contribution >= 4 is 5.97 Å². The number of hydrogen-bond acceptors (Lipinski definition) is 3. The van der Waals surface area contributed by atoms with E-state index in [4.69, 9.17) is 5.11 Å². The minimum Gasteiger partial charge on any atom is -0.478 e. The standard InChI is InChI=1S/C11H19NO3/c13-10(14)5-8-12-9-11(15)6-3-1-2-4-7-11/h5,8,12,15H,1-4,6-7,9H2,(H,13,14)/b8-5+. The summed E-state index contributed by atoms with van der Waals surface area (Å²) >= 11 is 0. The zero-order valence-electron chi connectivity index (χ0n) is 8.91. The Labute approximate surface area is 90.0 Å². The van der Waals surface area contributed by atoms with Gasteiger partial charge >= 0.3 is 5.97 Å². The number of carboxylic acids is 1. The van der Waals surface area contributed by atoms with Crippen LogP contribution in [-0.2, 0) is 4.79 Å². The lowest BCUT2D eigenvalue weighted by molar-refractivity contribution is -0.131. The summed E-state index contributed by atoms with van der Waals surface area (Å²) in [6, 6.07) is 0. The van der Waals surface area contributed by atoms with Gasteiger partial charge in [0.2, 0.25) is 0 Å². The van der Waals surface area contributed by atoms with Gasteiger partial charge in [-0.2, -0.15) is 0 Å². The molecular weight excluding hydrogens is 194 g/mol. The lowest BCUT2D eigenvalue weighted by atomic mass is 9.95. The molecule has 1 aliphatic carbocycles. The van der Waals surface area contributed by atoms with Gasteiger partial charge in [0.15, 0.2) is 0 Å². The van der Waals surface area contributed by atoms with Crippen molar-refractivity contribution in [3.63, 3.8) is 0 Å². The minimum atomic E-state index is -0.977. The summed E-state index contributed by atoms with van der Waals surface area (Å²) in [5.41, 5.74) is -0.653. The van der Waals surface area contributed by atoms with Crippen LogP contribution in [0.25, 0.3) is 0 Å². The topological polar surface area (TPSA) is 69.6 Å². The van der Waals surface area contributed by atoms with Crippen LogP contribution in [-0.4, -0.2) is 28.3 Å². The molecule has 0 spiro atoms. The number of aliphatic hydroxyl groups is 1. The smallest absolute Gasteiger partial charge is 0.329 e. The molecule has 3 N–H and O–H groups in total. The molecule has 0 aliphatic heterocycles. The molecule has 0 aromatic carbocycles. The normalized spacial score (nSPS) is 21.1. The van der Waals surface area contributed by atoms with Crippen molar-refractivity contribution < 1.29 is 15.0 Å². The second-order valence-corrected chi connectivity index (χ2v) is 4.19. The molecule has 4 nitrogen and oxygen atoms in total. The van der Waals surface area contributed by atoms with Crippen LogP contribution in [0.1, 0.15) is 38.5 Å². The Bertz CT molecular complexity index is 230. The Morgan fingerprint density at radius 1 is 1.27 bits per heavy atom. The lowest BCUT2D eigenvalue weighted by Crippen LogP contribution is -2.38. The van der Waals surface area contributed by atoms with Gasteiger partial charge in [0.25, 0.3) is 0 Å². The second-order valence-electron chi connectivity index (χ2n) is 4.19. The molecule has 1 aliphatic rings. The molecule has 1 fully saturated rings. The summed E-state index contributed by atoms with van der Waals surface area (Å²) in [7, 11) is 0. The predicted molar refractivity (Wildman–Crippen MR) is 57.4 cm³/mol. The van der Waals surface area contributed by atoms with Crippen molar-refractivity contribution in [2.45, 2.75) is 44.1 Å². The van der Waals surface area contributed by atoms with Crippen molar-refractivity contribution in [2.24, 2.45) is 0 Å². The zero-order chi connectivity index (χ0) is 11.1. The van der Waals surface area contributed by atoms with Crippen LogP contribution >= 0.6 is 0 Å². The molecular formula is C11H19NO3. The molecule has 0 aromatic heterocycles. The molecule has 0 aromatic rings. The number of hydrogen-bond donors (Lipinski definition) is 3. The first kappa shape index (κ1) is 12.0. The van der Waals surface area contributed by atoms with E-state index in [2.05, 4.69) is 5.32 Å². The van der Waals surface area contributed by atoms with E-state index < -0.39 is 11.6 Å². The van der Waals surface area contributed by atoms with Crippen molar-refractivity contribution in [1.82, 2.24) is 5.32 Å². The average Bonchev–Trinajstić information content (AvgIpc) is 2.38. The summed E-state index contributed by atoms with van der Waals surface area (Å²) in [5.74, 6) is -0.977. The SMILES string of the molecule is O=C(O)/C=C/NCC1(O)CCCCCC1. The van der Waals surface area contributed by atoms with Crippen LogP contribution in [0, 0.1) is 0 Å². The predicted octanol–water partition coefficient (Wildman–Crippen LogP) is 1.26. The van der Waals surface area contributed by atoms with Gasteiger partial charge in [0.1, 0.15) is 0 Å². The fourth-order valence-electron chi connectivity index (χ4n) is 1.94. The Kier molecular flexibility index (Phi) is 4.62. The van der Waals surface area contributed by atoms with Crippen LogP contribution < -0.4 is 5.32 Å². The van der Waals surface area contributed by atoms with E-state index in [-0.39, 0.29) is 0 Å². The van der Waals surface area contributed by atoms with Crippen molar-refractivity contribution in [1.29, 1.82) is 0 Å².